The van der Waals surface area contributed by atoms with E-state index >= 15 is 0 Å². The summed E-state index contributed by atoms with van der Waals surface area (Å²) in [5, 5.41) is 21.1. The minimum Gasteiger partial charge on any atom is -0.383 e. The fourth-order valence-corrected chi connectivity index (χ4v) is 2.01. The quantitative estimate of drug-likeness (QED) is 0.652. The van der Waals surface area contributed by atoms with Gasteiger partial charge in [0.2, 0.25) is 0 Å². The minimum absolute atomic E-state index is 0.199. The Hall–Kier alpha value is -2.87. The first-order valence-corrected chi connectivity index (χ1v) is 8.33. The highest BCUT2D eigenvalue weighted by Gasteiger charge is 2.20. The standard InChI is InChI=1S/C18H24N4O4/c1-5-13(23)16(24)19-11-6-8-12(9-7-11)20-17(25)21-15-10-14(26-22-15)18(2,3)4/h6-10,13,23H,5H2,1-4H3,(H,19,24)(H2,20,21,22,25). The Morgan fingerprint density at radius 3 is 2.19 bits per heavy atom. The number of hydrogen-bond acceptors (Lipinski definition) is 5. The van der Waals surface area contributed by atoms with Gasteiger partial charge in [-0.25, -0.2) is 4.79 Å². The first-order valence-electron chi connectivity index (χ1n) is 8.33. The van der Waals surface area contributed by atoms with Crippen LogP contribution in [-0.2, 0) is 10.2 Å². The first kappa shape index (κ1) is 19.5. The third kappa shape index (κ3) is 5.32. The zero-order chi connectivity index (χ0) is 19.3. The number of benzene rings is 1. The van der Waals surface area contributed by atoms with Gasteiger partial charge in [-0.15, -0.1) is 0 Å². The molecular formula is C18H24N4O4. The molecule has 2 rings (SSSR count). The zero-order valence-corrected chi connectivity index (χ0v) is 15.3. The maximum Gasteiger partial charge on any atom is 0.324 e. The van der Waals surface area contributed by atoms with Crippen molar-refractivity contribution in [3.8, 4) is 0 Å². The Morgan fingerprint density at radius 1 is 1.12 bits per heavy atom. The molecule has 3 amide bonds. The van der Waals surface area contributed by atoms with E-state index in [2.05, 4.69) is 21.1 Å². The van der Waals surface area contributed by atoms with E-state index in [1.165, 1.54) is 0 Å². The van der Waals surface area contributed by atoms with Gasteiger partial charge in [0.15, 0.2) is 5.82 Å². The van der Waals surface area contributed by atoms with Crippen LogP contribution in [0.5, 0.6) is 0 Å². The number of amides is 3. The van der Waals surface area contributed by atoms with Crippen LogP contribution in [0.2, 0.25) is 0 Å². The van der Waals surface area contributed by atoms with E-state index < -0.39 is 18.0 Å². The number of aromatic nitrogens is 1. The van der Waals surface area contributed by atoms with Crippen molar-refractivity contribution in [1.82, 2.24) is 5.16 Å². The van der Waals surface area contributed by atoms with Crippen LogP contribution in [0.1, 0.15) is 39.9 Å². The summed E-state index contributed by atoms with van der Waals surface area (Å²) in [7, 11) is 0. The largest absolute Gasteiger partial charge is 0.383 e. The van der Waals surface area contributed by atoms with Crippen LogP contribution in [0.4, 0.5) is 22.0 Å². The number of nitrogens with one attached hydrogen (secondary N) is 3. The molecule has 0 spiro atoms. The molecule has 8 nitrogen and oxygen atoms in total. The molecule has 140 valence electrons. The molecule has 2 aromatic rings. The van der Waals surface area contributed by atoms with E-state index in [0.29, 0.717) is 29.4 Å². The van der Waals surface area contributed by atoms with Crippen molar-refractivity contribution >= 4 is 29.1 Å². The van der Waals surface area contributed by atoms with Gasteiger partial charge in [-0.3, -0.25) is 10.1 Å². The Balaban J connectivity index is 1.91. The number of carbonyl (C=O) groups is 2. The third-order valence-corrected chi connectivity index (χ3v) is 3.59. The van der Waals surface area contributed by atoms with Crippen molar-refractivity contribution in [2.24, 2.45) is 0 Å². The Bertz CT molecular complexity index is 762. The number of urea groups is 1. The van der Waals surface area contributed by atoms with Crippen molar-refractivity contribution < 1.29 is 19.2 Å². The SMILES string of the molecule is CCC(O)C(=O)Nc1ccc(NC(=O)Nc2cc(C(C)(C)C)on2)cc1. The zero-order valence-electron chi connectivity index (χ0n) is 15.3. The molecule has 8 heteroatoms. The second-order valence-electron chi connectivity index (χ2n) is 6.90. The number of anilines is 3. The van der Waals surface area contributed by atoms with E-state index in [1.807, 2.05) is 20.8 Å². The van der Waals surface area contributed by atoms with Crippen LogP contribution in [-0.4, -0.2) is 28.3 Å². The summed E-state index contributed by atoms with van der Waals surface area (Å²) in [6, 6.07) is 7.75. The topological polar surface area (TPSA) is 116 Å². The van der Waals surface area contributed by atoms with Crippen molar-refractivity contribution in [3.63, 3.8) is 0 Å². The fourth-order valence-electron chi connectivity index (χ4n) is 2.01. The summed E-state index contributed by atoms with van der Waals surface area (Å²) in [5.74, 6) is 0.527. The van der Waals surface area contributed by atoms with Crippen molar-refractivity contribution in [1.29, 1.82) is 0 Å². The monoisotopic (exact) mass is 360 g/mol. The van der Waals surface area contributed by atoms with E-state index in [0.717, 1.165) is 0 Å². The first-order chi connectivity index (χ1) is 12.2. The summed E-state index contributed by atoms with van der Waals surface area (Å²) in [4.78, 5) is 23.7. The number of aliphatic hydroxyl groups excluding tert-OH is 1. The van der Waals surface area contributed by atoms with Gasteiger partial charge in [0.05, 0.1) is 0 Å². The predicted octanol–water partition coefficient (Wildman–Crippen LogP) is 3.33. The molecular weight excluding hydrogens is 336 g/mol. The minimum atomic E-state index is -1.04. The van der Waals surface area contributed by atoms with Gasteiger partial charge < -0.3 is 20.3 Å². The van der Waals surface area contributed by atoms with Crippen LogP contribution in [0, 0.1) is 0 Å². The fraction of sp³-hybridized carbons (Fsp3) is 0.389. The summed E-state index contributed by atoms with van der Waals surface area (Å²) >= 11 is 0. The molecule has 0 radical (unpaired) electrons. The summed E-state index contributed by atoms with van der Waals surface area (Å²) in [5.41, 5.74) is 0.866. The number of aliphatic hydroxyl groups is 1. The van der Waals surface area contributed by atoms with Gasteiger partial charge in [0, 0.05) is 22.9 Å². The highest BCUT2D eigenvalue weighted by molar-refractivity contribution is 5.99. The molecule has 4 N–H and O–H groups in total. The molecule has 0 aliphatic rings. The number of carbonyl (C=O) groups excluding carboxylic acids is 2. The molecule has 0 saturated heterocycles. The molecule has 1 atom stereocenters. The highest BCUT2D eigenvalue weighted by Crippen LogP contribution is 2.24. The third-order valence-electron chi connectivity index (χ3n) is 3.59. The normalized spacial score (nSPS) is 12.3. The van der Waals surface area contributed by atoms with Crippen LogP contribution < -0.4 is 16.0 Å². The van der Waals surface area contributed by atoms with Gasteiger partial charge in [-0.1, -0.05) is 32.9 Å². The lowest BCUT2D eigenvalue weighted by Crippen LogP contribution is -2.26. The summed E-state index contributed by atoms with van der Waals surface area (Å²) in [6.07, 6.45) is -0.705. The number of rotatable bonds is 5. The Kier molecular flexibility index (Phi) is 5.99. The van der Waals surface area contributed by atoms with Gasteiger partial charge in [0.1, 0.15) is 11.9 Å². The molecule has 0 saturated carbocycles. The second-order valence-corrected chi connectivity index (χ2v) is 6.90. The molecule has 1 unspecified atom stereocenters. The van der Waals surface area contributed by atoms with Crippen LogP contribution in [0.25, 0.3) is 0 Å². The Morgan fingerprint density at radius 2 is 1.69 bits per heavy atom. The predicted molar refractivity (Wildman–Crippen MR) is 99.2 cm³/mol. The van der Waals surface area contributed by atoms with Crippen molar-refractivity contribution in [2.45, 2.75) is 45.6 Å². The molecule has 0 aliphatic carbocycles. The summed E-state index contributed by atoms with van der Waals surface area (Å²) < 4.78 is 5.21. The maximum absolute atomic E-state index is 12.0. The molecule has 1 aromatic carbocycles. The van der Waals surface area contributed by atoms with Gasteiger partial charge >= 0.3 is 6.03 Å². The van der Waals surface area contributed by atoms with Crippen LogP contribution >= 0.6 is 0 Å². The molecule has 0 bridgehead atoms. The van der Waals surface area contributed by atoms with Crippen LogP contribution in [0.15, 0.2) is 34.9 Å². The van der Waals surface area contributed by atoms with Gasteiger partial charge in [-0.05, 0) is 30.7 Å². The van der Waals surface area contributed by atoms with Crippen molar-refractivity contribution in [3.05, 3.63) is 36.1 Å². The lowest BCUT2D eigenvalue weighted by atomic mass is 9.93. The van der Waals surface area contributed by atoms with E-state index in [9.17, 15) is 14.7 Å². The number of nitrogens with zero attached hydrogens (tertiary/aromatic N) is 1. The lowest BCUT2D eigenvalue weighted by Gasteiger charge is -2.12. The molecule has 0 fully saturated rings. The average molecular weight is 360 g/mol. The molecule has 26 heavy (non-hydrogen) atoms. The van der Waals surface area contributed by atoms with Crippen molar-refractivity contribution in [2.75, 3.05) is 16.0 Å². The smallest absolute Gasteiger partial charge is 0.324 e. The Labute approximate surface area is 152 Å². The second kappa shape index (κ2) is 8.01. The maximum atomic E-state index is 12.0. The van der Waals surface area contributed by atoms with E-state index in [-0.39, 0.29) is 5.41 Å². The average Bonchev–Trinajstić information content (AvgIpc) is 3.04. The number of hydrogen-bond donors (Lipinski definition) is 4. The van der Waals surface area contributed by atoms with E-state index in [4.69, 9.17) is 4.52 Å². The highest BCUT2D eigenvalue weighted by atomic mass is 16.5. The summed E-state index contributed by atoms with van der Waals surface area (Å²) in [6.45, 7) is 7.67. The van der Waals surface area contributed by atoms with Crippen LogP contribution in [0.3, 0.4) is 0 Å². The molecule has 1 aromatic heterocycles. The molecule has 0 aliphatic heterocycles. The van der Waals surface area contributed by atoms with Gasteiger partial charge in [-0.2, -0.15) is 0 Å². The molecule has 1 heterocycles. The van der Waals surface area contributed by atoms with E-state index in [1.54, 1.807) is 37.3 Å². The van der Waals surface area contributed by atoms with Gasteiger partial charge in [0.25, 0.3) is 5.91 Å². The lowest BCUT2D eigenvalue weighted by molar-refractivity contribution is -0.124.